The van der Waals surface area contributed by atoms with Crippen LogP contribution in [0.5, 0.6) is 0 Å². The van der Waals surface area contributed by atoms with Gasteiger partial charge in [0.05, 0.1) is 11.5 Å². The summed E-state index contributed by atoms with van der Waals surface area (Å²) in [5, 5.41) is 8.25. The molecule has 1 amide bonds. The topological polar surface area (TPSA) is 81.4 Å². The molecule has 2 aromatic rings. The monoisotopic (exact) mass is 344 g/mol. The summed E-state index contributed by atoms with van der Waals surface area (Å²) in [6, 6.07) is 5.52. The third kappa shape index (κ3) is 3.42. The van der Waals surface area contributed by atoms with Crippen molar-refractivity contribution in [1.29, 1.82) is 0 Å². The molecule has 0 atom stereocenters. The maximum Gasteiger partial charge on any atom is 0.266 e. The minimum absolute atomic E-state index is 0.0107. The normalized spacial score (nSPS) is 16.8. The fourth-order valence-electron chi connectivity index (χ4n) is 3.16. The second-order valence-electron chi connectivity index (χ2n) is 7.53. The molecule has 7 heteroatoms. The van der Waals surface area contributed by atoms with Crippen molar-refractivity contribution in [2.45, 2.75) is 51.7 Å². The van der Waals surface area contributed by atoms with E-state index in [4.69, 9.17) is 9.15 Å². The summed E-state index contributed by atoms with van der Waals surface area (Å²) in [7, 11) is 0. The van der Waals surface area contributed by atoms with E-state index in [0.29, 0.717) is 30.6 Å². The molecular weight excluding hydrogens is 320 g/mol. The summed E-state index contributed by atoms with van der Waals surface area (Å²) in [4.78, 5) is 18.6. The van der Waals surface area contributed by atoms with Crippen LogP contribution in [0.2, 0.25) is 0 Å². The molecule has 1 fully saturated rings. The Morgan fingerprint density at radius 1 is 1.32 bits per heavy atom. The minimum atomic E-state index is -0.844. The van der Waals surface area contributed by atoms with Gasteiger partial charge in [-0.25, -0.2) is 0 Å². The summed E-state index contributed by atoms with van der Waals surface area (Å²) in [6.45, 7) is 10.5. The Bertz CT molecular complexity index is 749. The minimum Gasteiger partial charge on any atom is -0.419 e. The van der Waals surface area contributed by atoms with Gasteiger partial charge in [0.2, 0.25) is 5.89 Å². The molecule has 134 valence electrons. The Morgan fingerprint density at radius 3 is 2.64 bits per heavy atom. The lowest BCUT2D eigenvalue weighted by Gasteiger charge is -2.48. The third-order valence-electron chi connectivity index (χ3n) is 4.24. The number of amides is 1. The van der Waals surface area contributed by atoms with E-state index in [0.717, 1.165) is 0 Å². The summed E-state index contributed by atoms with van der Waals surface area (Å²) in [5.74, 6) is 0.896. The van der Waals surface area contributed by atoms with Crippen molar-refractivity contribution in [3.8, 4) is 11.6 Å². The molecule has 0 N–H and O–H groups in total. The number of hydrogen-bond acceptors (Lipinski definition) is 6. The van der Waals surface area contributed by atoms with Crippen LogP contribution < -0.4 is 0 Å². The summed E-state index contributed by atoms with van der Waals surface area (Å²) < 4.78 is 11.5. The Morgan fingerprint density at radius 2 is 2.04 bits per heavy atom. The second-order valence-corrected chi connectivity index (χ2v) is 7.53. The standard InChI is InChI=1S/C18H24N4O3/c1-12(2)25-17(3,4)16(23)22-10-18(5,11-22)15-21-20-14(24-15)13-8-6-7-9-19-13/h6-9,12H,10-11H2,1-5H3. The van der Waals surface area contributed by atoms with E-state index in [2.05, 4.69) is 15.2 Å². The molecule has 1 aliphatic rings. The van der Waals surface area contributed by atoms with Crippen molar-refractivity contribution in [2.75, 3.05) is 13.1 Å². The third-order valence-corrected chi connectivity index (χ3v) is 4.24. The molecule has 25 heavy (non-hydrogen) atoms. The number of pyridine rings is 1. The van der Waals surface area contributed by atoms with Crippen molar-refractivity contribution in [3.63, 3.8) is 0 Å². The van der Waals surface area contributed by atoms with Crippen LogP contribution in [0.4, 0.5) is 0 Å². The number of carbonyl (C=O) groups excluding carboxylic acids is 1. The van der Waals surface area contributed by atoms with Gasteiger partial charge in [-0.3, -0.25) is 9.78 Å². The number of rotatable bonds is 5. The van der Waals surface area contributed by atoms with Crippen LogP contribution in [-0.4, -0.2) is 50.8 Å². The molecule has 0 aromatic carbocycles. The Balaban J connectivity index is 1.68. The molecule has 0 spiro atoms. The van der Waals surface area contributed by atoms with Gasteiger partial charge in [0.25, 0.3) is 11.8 Å². The smallest absolute Gasteiger partial charge is 0.266 e. The first kappa shape index (κ1) is 17.5. The predicted molar refractivity (Wildman–Crippen MR) is 91.8 cm³/mol. The van der Waals surface area contributed by atoms with E-state index >= 15 is 0 Å². The maximum atomic E-state index is 12.7. The zero-order valence-corrected chi connectivity index (χ0v) is 15.3. The molecular formula is C18H24N4O3. The fourth-order valence-corrected chi connectivity index (χ4v) is 3.16. The van der Waals surface area contributed by atoms with E-state index in [1.807, 2.05) is 39.0 Å². The molecule has 0 unspecified atom stereocenters. The van der Waals surface area contributed by atoms with Gasteiger partial charge in [-0.2, -0.15) is 0 Å². The molecule has 0 saturated carbocycles. The SMILES string of the molecule is CC(C)OC(C)(C)C(=O)N1CC(C)(c2nnc(-c3ccccn3)o2)C1. The first-order valence-electron chi connectivity index (χ1n) is 8.44. The van der Waals surface area contributed by atoms with Gasteiger partial charge in [-0.15, -0.1) is 10.2 Å². The lowest BCUT2D eigenvalue weighted by molar-refractivity contribution is -0.167. The van der Waals surface area contributed by atoms with Crippen LogP contribution in [0, 0.1) is 0 Å². The van der Waals surface area contributed by atoms with Gasteiger partial charge in [-0.1, -0.05) is 6.07 Å². The Labute approximate surface area is 147 Å². The summed E-state index contributed by atoms with van der Waals surface area (Å²) in [6.07, 6.45) is 1.67. The van der Waals surface area contributed by atoms with Crippen molar-refractivity contribution in [1.82, 2.24) is 20.1 Å². The number of ether oxygens (including phenoxy) is 1. The van der Waals surface area contributed by atoms with Crippen LogP contribution in [0.25, 0.3) is 11.6 Å². The average Bonchev–Trinajstić information content (AvgIpc) is 3.01. The highest BCUT2D eigenvalue weighted by molar-refractivity contribution is 5.85. The van der Waals surface area contributed by atoms with Gasteiger partial charge >= 0.3 is 0 Å². The molecule has 1 saturated heterocycles. The molecule has 3 rings (SSSR count). The van der Waals surface area contributed by atoms with Gasteiger partial charge in [0, 0.05) is 19.3 Å². The number of carbonyl (C=O) groups is 1. The number of hydrogen-bond donors (Lipinski definition) is 0. The number of likely N-dealkylation sites (tertiary alicyclic amines) is 1. The van der Waals surface area contributed by atoms with Gasteiger partial charge < -0.3 is 14.1 Å². The number of aromatic nitrogens is 3. The molecule has 0 aliphatic carbocycles. The molecule has 3 heterocycles. The lowest BCUT2D eigenvalue weighted by Crippen LogP contribution is -2.64. The van der Waals surface area contributed by atoms with Crippen LogP contribution >= 0.6 is 0 Å². The average molecular weight is 344 g/mol. The van der Waals surface area contributed by atoms with Crippen LogP contribution in [-0.2, 0) is 14.9 Å². The highest BCUT2D eigenvalue weighted by atomic mass is 16.5. The van der Waals surface area contributed by atoms with Crippen molar-refractivity contribution < 1.29 is 13.9 Å². The van der Waals surface area contributed by atoms with Crippen molar-refractivity contribution in [2.24, 2.45) is 0 Å². The fraction of sp³-hybridized carbons (Fsp3) is 0.556. The van der Waals surface area contributed by atoms with Gasteiger partial charge in [0.15, 0.2) is 0 Å². The second kappa shape index (κ2) is 6.22. The lowest BCUT2D eigenvalue weighted by atomic mass is 9.81. The molecule has 0 bridgehead atoms. The predicted octanol–water partition coefficient (Wildman–Crippen LogP) is 2.44. The first-order chi connectivity index (χ1) is 11.7. The van der Waals surface area contributed by atoms with E-state index < -0.39 is 5.60 Å². The zero-order chi connectivity index (χ0) is 18.2. The van der Waals surface area contributed by atoms with Crippen molar-refractivity contribution >= 4 is 5.91 Å². The van der Waals surface area contributed by atoms with E-state index in [-0.39, 0.29) is 17.4 Å². The first-order valence-corrected chi connectivity index (χ1v) is 8.44. The van der Waals surface area contributed by atoms with Gasteiger partial charge in [-0.05, 0) is 46.8 Å². The van der Waals surface area contributed by atoms with Crippen LogP contribution in [0.15, 0.2) is 28.8 Å². The van der Waals surface area contributed by atoms with Crippen LogP contribution in [0.1, 0.15) is 40.5 Å². The van der Waals surface area contributed by atoms with Crippen molar-refractivity contribution in [3.05, 3.63) is 30.3 Å². The highest BCUT2D eigenvalue weighted by Crippen LogP contribution is 2.36. The summed E-state index contributed by atoms with van der Waals surface area (Å²) >= 11 is 0. The highest BCUT2D eigenvalue weighted by Gasteiger charge is 2.50. The molecule has 2 aromatic heterocycles. The summed E-state index contributed by atoms with van der Waals surface area (Å²) in [5.41, 5.74) is -0.545. The number of nitrogens with zero attached hydrogens (tertiary/aromatic N) is 4. The molecule has 7 nitrogen and oxygen atoms in total. The largest absolute Gasteiger partial charge is 0.419 e. The Hall–Kier alpha value is -2.28. The zero-order valence-electron chi connectivity index (χ0n) is 15.3. The maximum absolute atomic E-state index is 12.7. The van der Waals surface area contributed by atoms with E-state index in [1.54, 1.807) is 24.9 Å². The van der Waals surface area contributed by atoms with Gasteiger partial charge in [0.1, 0.15) is 11.3 Å². The van der Waals surface area contributed by atoms with Crippen LogP contribution in [0.3, 0.4) is 0 Å². The van der Waals surface area contributed by atoms with E-state index in [1.165, 1.54) is 0 Å². The quantitative estimate of drug-likeness (QED) is 0.828. The molecule has 1 aliphatic heterocycles. The molecule has 0 radical (unpaired) electrons. The van der Waals surface area contributed by atoms with E-state index in [9.17, 15) is 4.79 Å². The Kier molecular flexibility index (Phi) is 4.36.